The molecule has 0 radical (unpaired) electrons. The van der Waals surface area contributed by atoms with Gasteiger partial charge in [-0.05, 0) is 311 Å². The molecule has 12 aromatic heterocycles. The van der Waals surface area contributed by atoms with Gasteiger partial charge in [-0.3, -0.25) is 26.4 Å². The lowest BCUT2D eigenvalue weighted by Crippen LogP contribution is -1.91. The van der Waals surface area contributed by atoms with Gasteiger partial charge in [0.15, 0.2) is 0 Å². The van der Waals surface area contributed by atoms with Gasteiger partial charge >= 0.3 is 0 Å². The Labute approximate surface area is 689 Å². The Morgan fingerprint density at radius 1 is 0.172 bits per heavy atom. The van der Waals surface area contributed by atoms with Crippen LogP contribution in [-0.4, -0.2) is 69.5 Å². The van der Waals surface area contributed by atoms with Crippen LogP contribution in [0.5, 0.6) is 0 Å². The Kier molecular flexibility index (Phi) is 11.5. The van der Waals surface area contributed by atoms with E-state index in [4.69, 9.17) is 29.9 Å². The third-order valence-electron chi connectivity index (χ3n) is 27.5. The molecule has 566 valence electrons. The molecule has 0 aliphatic rings. The number of hydrogen-bond donors (Lipinski definition) is 0. The molecular formula is C107H63N15. The van der Waals surface area contributed by atoms with Crippen molar-refractivity contribution in [2.75, 3.05) is 0 Å². The number of aromatic nitrogens is 15. The fraction of sp³-hybridized carbons (Fsp3) is 0.0467. The van der Waals surface area contributed by atoms with Crippen molar-refractivity contribution >= 4 is 215 Å². The molecule has 18 aromatic carbocycles. The van der Waals surface area contributed by atoms with Crippen molar-refractivity contribution in [2.45, 2.75) is 34.6 Å². The molecular weight excluding hydrogens is 1500 g/mol. The smallest absolute Gasteiger partial charge is 0.223 e. The zero-order valence-electron chi connectivity index (χ0n) is 66.4. The van der Waals surface area contributed by atoms with Crippen molar-refractivity contribution in [1.82, 2.24) is 69.5 Å². The van der Waals surface area contributed by atoms with Crippen molar-refractivity contribution in [3.05, 3.63) is 319 Å². The quantitative estimate of drug-likeness (QED) is 0.169. The fourth-order valence-corrected chi connectivity index (χ4v) is 21.9. The third-order valence-corrected chi connectivity index (χ3v) is 27.5. The first-order chi connectivity index (χ1) is 59.9. The Balaban J connectivity index is 0.554. The molecule has 0 fully saturated rings. The summed E-state index contributed by atoms with van der Waals surface area (Å²) in [6.07, 6.45) is 0. The van der Waals surface area contributed by atoms with Crippen molar-refractivity contribution in [1.29, 1.82) is 0 Å². The predicted octanol–water partition coefficient (Wildman–Crippen LogP) is 25.8. The van der Waals surface area contributed by atoms with Crippen LogP contribution in [0.2, 0.25) is 0 Å². The minimum absolute atomic E-state index is 0.825. The van der Waals surface area contributed by atoms with E-state index in [0.717, 1.165) is 233 Å². The van der Waals surface area contributed by atoms with E-state index in [9.17, 15) is 0 Å². The number of aryl methyl sites for hydroxylation is 5. The van der Waals surface area contributed by atoms with Crippen molar-refractivity contribution in [3.63, 3.8) is 0 Å². The van der Waals surface area contributed by atoms with Gasteiger partial charge in [-0.25, -0.2) is 43.1 Å². The van der Waals surface area contributed by atoms with Gasteiger partial charge in [0.05, 0.1) is 99.3 Å². The number of benzene rings is 18. The molecule has 15 heteroatoms. The average molecular weight is 1560 g/mol. The molecule has 0 aliphatic carbocycles. The maximum absolute atomic E-state index is 5.62. The lowest BCUT2D eigenvalue weighted by atomic mass is 9.95. The molecule has 0 saturated carbocycles. The van der Waals surface area contributed by atoms with Gasteiger partial charge in [-0.15, -0.1) is 0 Å². The van der Waals surface area contributed by atoms with Crippen LogP contribution >= 0.6 is 0 Å². The standard InChI is InChI=1S/C107H63N15/c1-54-21-30-79(58(5)31-54)76-50-94-100-95(51-76)117-89-45-72-33-64(23-27-68(72)39-83(89)111-105(117)121(100)103-109-81-37-60-17-8-10-19-62(60)43-87(81)115(94)103)66-25-29-70-41-85-91(47-74(70)35-66)119-97-53-77(98-56(3)14-12-15-57(98)4)52-96-101(97)122(107(119)113-85)106-112-84-40-69-28-24-65(34-73(69)46-90(84)118(96)106)63-22-26-67-38-82-88(44-71(67)32-63)116-93-49-75(78-20-11-6-13-55(78)2)48-92-99(93)120(104(116)110-82)102-108-80-36-59-16-7-9-18-61(59)42-86(80)114(92)102/h6-53H,1-5H3. The lowest BCUT2D eigenvalue weighted by Gasteiger charge is -2.11. The molecule has 0 amide bonds. The normalized spacial score (nSPS) is 13.0. The molecule has 30 rings (SSSR count). The van der Waals surface area contributed by atoms with Crippen LogP contribution in [0.4, 0.5) is 0 Å². The Hall–Kier alpha value is -16.3. The average Bonchev–Trinajstić information content (AvgIpc) is 1.52. The molecule has 0 aliphatic heterocycles. The topological polar surface area (TPSA) is 117 Å². The largest absolute Gasteiger partial charge is 0.276 e. The molecule has 0 bridgehead atoms. The van der Waals surface area contributed by atoms with Crippen LogP contribution in [0.25, 0.3) is 271 Å². The third kappa shape index (κ3) is 8.10. The minimum atomic E-state index is 0.825. The Morgan fingerprint density at radius 3 is 0.762 bits per heavy atom. The van der Waals surface area contributed by atoms with Crippen LogP contribution in [0.1, 0.15) is 27.8 Å². The van der Waals surface area contributed by atoms with Gasteiger partial charge in [0, 0.05) is 0 Å². The van der Waals surface area contributed by atoms with Crippen LogP contribution < -0.4 is 0 Å². The van der Waals surface area contributed by atoms with Crippen LogP contribution in [0.15, 0.2) is 291 Å². The van der Waals surface area contributed by atoms with E-state index in [-0.39, 0.29) is 0 Å². The van der Waals surface area contributed by atoms with Gasteiger partial charge in [0.2, 0.25) is 34.7 Å². The number of nitrogens with zero attached hydrogens (tertiary/aromatic N) is 15. The van der Waals surface area contributed by atoms with Gasteiger partial charge in [0.1, 0.15) is 16.6 Å². The zero-order chi connectivity index (χ0) is 79.6. The second-order valence-corrected chi connectivity index (χ2v) is 34.5. The molecule has 0 atom stereocenters. The summed E-state index contributed by atoms with van der Waals surface area (Å²) in [6.45, 7) is 11.0. The van der Waals surface area contributed by atoms with Gasteiger partial charge in [-0.2, -0.15) is 0 Å². The zero-order valence-corrected chi connectivity index (χ0v) is 66.4. The van der Waals surface area contributed by atoms with Crippen LogP contribution in [0, 0.1) is 34.6 Å². The van der Waals surface area contributed by atoms with Gasteiger partial charge < -0.3 is 0 Å². The molecule has 15 nitrogen and oxygen atoms in total. The van der Waals surface area contributed by atoms with E-state index in [2.05, 4.69) is 365 Å². The lowest BCUT2D eigenvalue weighted by molar-refractivity contribution is 1.15. The molecule has 12 heterocycles. The summed E-state index contributed by atoms with van der Waals surface area (Å²) in [5.41, 5.74) is 39.6. The summed E-state index contributed by atoms with van der Waals surface area (Å²) >= 11 is 0. The minimum Gasteiger partial charge on any atom is -0.276 e. The maximum Gasteiger partial charge on any atom is 0.223 e. The number of rotatable bonds is 5. The van der Waals surface area contributed by atoms with Crippen molar-refractivity contribution in [2.24, 2.45) is 0 Å². The van der Waals surface area contributed by atoms with E-state index >= 15 is 0 Å². The first-order valence-corrected chi connectivity index (χ1v) is 41.8. The second kappa shape index (κ2) is 21.9. The molecule has 122 heavy (non-hydrogen) atoms. The number of hydrogen-bond acceptors (Lipinski definition) is 6. The molecule has 0 spiro atoms. The molecule has 0 unspecified atom stereocenters. The molecule has 0 saturated heterocycles. The SMILES string of the molecule is Cc1ccc(-c2cc3c4c(c2)n2c5cc6cc(-c7ccc8cc9nc%10n(c9cc8c7)c7cc(-c8c(C)cccc8C)cc8c7n%10c7nc9cc%10ccc(-c%11ccc%12cc%13nc%14n(c%13cc%12c%11)c%11cc(-c%12ccccc%12C)cc%12c%11n%14c%11nc%13cc%14ccccc%14cc%13n%12%11)cc%10cc9n87)ccc6cc5nc2n4c2nc4cc5ccccc5cc4n32)c(C)c1. The number of imidazole rings is 12. The predicted molar refractivity (Wildman–Crippen MR) is 499 cm³/mol. The van der Waals surface area contributed by atoms with Gasteiger partial charge in [0.25, 0.3) is 0 Å². The van der Waals surface area contributed by atoms with Crippen molar-refractivity contribution in [3.8, 4) is 55.6 Å². The highest BCUT2D eigenvalue weighted by atomic mass is 15.3. The number of fused-ring (bicyclic) bond motifs is 36. The summed E-state index contributed by atoms with van der Waals surface area (Å²) in [7, 11) is 0. The van der Waals surface area contributed by atoms with E-state index < -0.39 is 0 Å². The van der Waals surface area contributed by atoms with Crippen molar-refractivity contribution < 1.29 is 0 Å². The first kappa shape index (κ1) is 63.9. The molecule has 30 aromatic rings. The van der Waals surface area contributed by atoms with Crippen LogP contribution in [-0.2, 0) is 0 Å². The van der Waals surface area contributed by atoms with E-state index in [1.165, 1.54) is 66.1 Å². The van der Waals surface area contributed by atoms with Gasteiger partial charge in [-0.1, -0.05) is 163 Å². The van der Waals surface area contributed by atoms with Crippen LogP contribution in [0.3, 0.4) is 0 Å². The highest BCUT2D eigenvalue weighted by molar-refractivity contribution is 6.15. The summed E-state index contributed by atoms with van der Waals surface area (Å²) < 4.78 is 21.1. The maximum atomic E-state index is 5.62. The summed E-state index contributed by atoms with van der Waals surface area (Å²) in [4.78, 5) is 33.1. The van der Waals surface area contributed by atoms with E-state index in [1.807, 2.05) is 0 Å². The summed E-state index contributed by atoms with van der Waals surface area (Å²) in [6, 6.07) is 108. The Bertz CT molecular complexity index is 10000. The second-order valence-electron chi connectivity index (χ2n) is 34.5. The first-order valence-electron chi connectivity index (χ1n) is 41.8. The summed E-state index contributed by atoms with van der Waals surface area (Å²) in [5, 5.41) is 13.8. The monoisotopic (exact) mass is 1560 g/mol. The van der Waals surface area contributed by atoms with E-state index in [1.54, 1.807) is 0 Å². The summed E-state index contributed by atoms with van der Waals surface area (Å²) in [5.74, 6) is 5.04. The Morgan fingerprint density at radius 2 is 0.443 bits per heavy atom. The van der Waals surface area contributed by atoms with E-state index in [0.29, 0.717) is 0 Å². The highest BCUT2D eigenvalue weighted by Gasteiger charge is 2.31. The fourth-order valence-electron chi connectivity index (χ4n) is 21.9. The molecule has 0 N–H and O–H groups in total. The highest BCUT2D eigenvalue weighted by Crippen LogP contribution is 2.47.